The number of anilines is 1. The van der Waals surface area contributed by atoms with Gasteiger partial charge in [-0.05, 0) is 43.8 Å². The zero-order chi connectivity index (χ0) is 16.7. The first kappa shape index (κ1) is 17.0. The van der Waals surface area contributed by atoms with E-state index in [-0.39, 0.29) is 17.1 Å². The highest BCUT2D eigenvalue weighted by molar-refractivity contribution is 7.80. The van der Waals surface area contributed by atoms with Crippen LogP contribution in [0.3, 0.4) is 0 Å². The monoisotopic (exact) mass is 328 g/mol. The average Bonchev–Trinajstić information content (AvgIpc) is 2.47. The fourth-order valence-corrected chi connectivity index (χ4v) is 2.27. The lowest BCUT2D eigenvalue weighted by Crippen LogP contribution is -2.35. The Balaban J connectivity index is 1.88. The van der Waals surface area contributed by atoms with Crippen LogP contribution in [0.1, 0.15) is 19.4 Å². The van der Waals surface area contributed by atoms with Crippen molar-refractivity contribution in [1.82, 2.24) is 5.32 Å². The first-order valence-corrected chi connectivity index (χ1v) is 7.85. The number of carbonyl (C=O) groups is 1. The van der Waals surface area contributed by atoms with E-state index in [4.69, 9.17) is 17.0 Å². The summed E-state index contributed by atoms with van der Waals surface area (Å²) in [4.78, 5) is 12.0. The third-order valence-corrected chi connectivity index (χ3v) is 3.13. The minimum absolute atomic E-state index is 0.0998. The Morgan fingerprint density at radius 3 is 2.57 bits per heavy atom. The van der Waals surface area contributed by atoms with E-state index in [0.717, 1.165) is 17.0 Å². The molecule has 0 aliphatic heterocycles. The largest absolute Gasteiger partial charge is 0.491 e. The van der Waals surface area contributed by atoms with Crippen molar-refractivity contribution in [2.75, 3.05) is 5.32 Å². The number of ether oxygens (including phenoxy) is 1. The van der Waals surface area contributed by atoms with Crippen molar-refractivity contribution in [2.45, 2.75) is 26.4 Å². The number of amides is 1. The van der Waals surface area contributed by atoms with Gasteiger partial charge in [-0.15, -0.1) is 0 Å². The van der Waals surface area contributed by atoms with E-state index in [1.807, 2.05) is 68.4 Å². The summed E-state index contributed by atoms with van der Waals surface area (Å²) in [6.45, 7) is 3.93. The number of hydrogen-bond donors (Lipinski definition) is 2. The molecule has 0 unspecified atom stereocenters. The average molecular weight is 328 g/mol. The van der Waals surface area contributed by atoms with E-state index in [1.165, 1.54) is 0 Å². The maximum absolute atomic E-state index is 12.0. The third kappa shape index (κ3) is 6.08. The molecule has 0 spiro atoms. The first-order chi connectivity index (χ1) is 11.0. The number of carbonyl (C=O) groups excluding carboxylic acids is 1. The van der Waals surface area contributed by atoms with Gasteiger partial charge in [0, 0.05) is 11.8 Å². The van der Waals surface area contributed by atoms with Gasteiger partial charge >= 0.3 is 0 Å². The lowest BCUT2D eigenvalue weighted by Gasteiger charge is -2.13. The van der Waals surface area contributed by atoms with Crippen molar-refractivity contribution in [1.29, 1.82) is 0 Å². The van der Waals surface area contributed by atoms with Crippen LogP contribution in [0.5, 0.6) is 5.75 Å². The summed E-state index contributed by atoms with van der Waals surface area (Å²) in [6.07, 6.45) is 0.391. The number of nitrogens with one attached hydrogen (secondary N) is 2. The minimum atomic E-state index is -0.150. The van der Waals surface area contributed by atoms with E-state index in [0.29, 0.717) is 6.42 Å². The van der Waals surface area contributed by atoms with Crippen molar-refractivity contribution >= 4 is 28.9 Å². The van der Waals surface area contributed by atoms with Crippen molar-refractivity contribution in [2.24, 2.45) is 0 Å². The quantitative estimate of drug-likeness (QED) is 0.825. The normalized spacial score (nSPS) is 10.2. The molecule has 2 N–H and O–H groups in total. The molecule has 120 valence electrons. The second-order valence-electron chi connectivity index (χ2n) is 5.36. The second kappa shape index (κ2) is 8.29. The minimum Gasteiger partial charge on any atom is -0.491 e. The molecule has 2 aromatic rings. The molecule has 2 rings (SSSR count). The smallest absolute Gasteiger partial charge is 0.230 e. The lowest BCUT2D eigenvalue weighted by atomic mass is 10.1. The summed E-state index contributed by atoms with van der Waals surface area (Å²) < 4.78 is 5.63. The molecule has 0 aliphatic carbocycles. The van der Waals surface area contributed by atoms with Crippen molar-refractivity contribution in [3.63, 3.8) is 0 Å². The molecule has 0 atom stereocenters. The van der Waals surface area contributed by atoms with Gasteiger partial charge in [0.05, 0.1) is 12.5 Å². The Morgan fingerprint density at radius 2 is 1.87 bits per heavy atom. The van der Waals surface area contributed by atoms with Crippen LogP contribution in [0, 0.1) is 0 Å². The maximum atomic E-state index is 12.0. The van der Waals surface area contributed by atoms with Gasteiger partial charge in [0.25, 0.3) is 0 Å². The Labute approximate surface area is 141 Å². The van der Waals surface area contributed by atoms with Crippen LogP contribution in [-0.4, -0.2) is 17.1 Å². The molecule has 0 fully saturated rings. The summed E-state index contributed by atoms with van der Waals surface area (Å²) in [7, 11) is 0. The first-order valence-electron chi connectivity index (χ1n) is 7.44. The molecule has 0 bridgehead atoms. The molecule has 0 aromatic heterocycles. The van der Waals surface area contributed by atoms with E-state index in [2.05, 4.69) is 10.6 Å². The highest BCUT2D eigenvalue weighted by atomic mass is 32.1. The summed E-state index contributed by atoms with van der Waals surface area (Å²) in [5.74, 6) is 0.603. The van der Waals surface area contributed by atoms with Gasteiger partial charge in [-0.2, -0.15) is 0 Å². The Morgan fingerprint density at radius 1 is 1.13 bits per heavy atom. The molecule has 0 radical (unpaired) electrons. The molecule has 2 aromatic carbocycles. The van der Waals surface area contributed by atoms with Crippen molar-refractivity contribution in [3.05, 3.63) is 60.2 Å². The number of hydrogen-bond acceptors (Lipinski definition) is 3. The van der Waals surface area contributed by atoms with Crippen LogP contribution >= 0.6 is 12.2 Å². The van der Waals surface area contributed by atoms with E-state index >= 15 is 0 Å². The van der Waals surface area contributed by atoms with Gasteiger partial charge in [0.1, 0.15) is 5.75 Å². The predicted molar refractivity (Wildman–Crippen MR) is 96.7 cm³/mol. The molecule has 4 nitrogen and oxygen atoms in total. The van der Waals surface area contributed by atoms with Crippen LogP contribution < -0.4 is 15.4 Å². The van der Waals surface area contributed by atoms with Gasteiger partial charge in [-0.1, -0.05) is 36.4 Å². The summed E-state index contributed by atoms with van der Waals surface area (Å²) in [6, 6.07) is 17.0. The maximum Gasteiger partial charge on any atom is 0.230 e. The molecule has 23 heavy (non-hydrogen) atoms. The van der Waals surface area contributed by atoms with Gasteiger partial charge in [-0.25, -0.2) is 0 Å². The standard InChI is InChI=1S/C18H20N2O2S/c1-13(2)22-16-10-6-9-15(12-16)19-18(23)20-17(21)11-14-7-4-3-5-8-14/h3-10,12-13H,11H2,1-2H3,(H2,19,20,21,23). The van der Waals surface area contributed by atoms with Crippen LogP contribution in [0.2, 0.25) is 0 Å². The molecule has 0 aliphatic rings. The zero-order valence-corrected chi connectivity index (χ0v) is 14.0. The molecular weight excluding hydrogens is 308 g/mol. The summed E-state index contributed by atoms with van der Waals surface area (Å²) >= 11 is 5.18. The fourth-order valence-electron chi connectivity index (χ4n) is 2.03. The number of thiocarbonyl (C=S) groups is 1. The third-order valence-electron chi connectivity index (χ3n) is 2.92. The predicted octanol–water partition coefficient (Wildman–Crippen LogP) is 3.53. The second-order valence-corrected chi connectivity index (χ2v) is 5.77. The van der Waals surface area contributed by atoms with E-state index in [1.54, 1.807) is 0 Å². The van der Waals surface area contributed by atoms with Gasteiger partial charge in [0.15, 0.2) is 5.11 Å². The molecule has 5 heteroatoms. The van der Waals surface area contributed by atoms with Gasteiger partial charge in [0.2, 0.25) is 5.91 Å². The van der Waals surface area contributed by atoms with Crippen LogP contribution in [0.4, 0.5) is 5.69 Å². The Bertz CT molecular complexity index is 672. The molecule has 0 heterocycles. The van der Waals surface area contributed by atoms with Crippen molar-refractivity contribution < 1.29 is 9.53 Å². The van der Waals surface area contributed by atoms with Gasteiger partial charge < -0.3 is 15.4 Å². The Kier molecular flexibility index (Phi) is 6.11. The highest BCUT2D eigenvalue weighted by Crippen LogP contribution is 2.18. The van der Waals surface area contributed by atoms with Crippen LogP contribution in [-0.2, 0) is 11.2 Å². The Hall–Kier alpha value is -2.40. The SMILES string of the molecule is CC(C)Oc1cccc(NC(=S)NC(=O)Cc2ccccc2)c1. The topological polar surface area (TPSA) is 50.4 Å². The summed E-state index contributed by atoms with van der Waals surface area (Å²) in [5.41, 5.74) is 1.72. The highest BCUT2D eigenvalue weighted by Gasteiger charge is 2.07. The molecule has 1 amide bonds. The summed E-state index contributed by atoms with van der Waals surface area (Å²) in [5, 5.41) is 5.94. The van der Waals surface area contributed by atoms with E-state index < -0.39 is 0 Å². The molecule has 0 saturated heterocycles. The van der Waals surface area contributed by atoms with Crippen LogP contribution in [0.25, 0.3) is 0 Å². The van der Waals surface area contributed by atoms with Crippen molar-refractivity contribution in [3.8, 4) is 5.75 Å². The fraction of sp³-hybridized carbons (Fsp3) is 0.222. The lowest BCUT2D eigenvalue weighted by molar-refractivity contribution is -0.119. The number of rotatable bonds is 5. The van der Waals surface area contributed by atoms with Gasteiger partial charge in [-0.3, -0.25) is 4.79 Å². The van der Waals surface area contributed by atoms with E-state index in [9.17, 15) is 4.79 Å². The number of benzene rings is 2. The molecular formula is C18H20N2O2S. The molecule has 0 saturated carbocycles. The van der Waals surface area contributed by atoms with Crippen LogP contribution in [0.15, 0.2) is 54.6 Å². The zero-order valence-electron chi connectivity index (χ0n) is 13.2.